The number of para-hydroxylation sites is 1. The summed E-state index contributed by atoms with van der Waals surface area (Å²) in [5.41, 5.74) is -0.147. The van der Waals surface area contributed by atoms with Gasteiger partial charge in [-0.3, -0.25) is 4.79 Å². The van der Waals surface area contributed by atoms with Gasteiger partial charge in [-0.2, -0.15) is 0 Å². The Morgan fingerprint density at radius 2 is 1.90 bits per heavy atom. The molecule has 0 aliphatic heterocycles. The predicted octanol–water partition coefficient (Wildman–Crippen LogP) is 3.22. The van der Waals surface area contributed by atoms with Crippen LogP contribution < -0.4 is 10.6 Å². The molecule has 2 amide bonds. The van der Waals surface area contributed by atoms with E-state index in [0.717, 1.165) is 17.3 Å². The second kappa shape index (κ2) is 6.26. The van der Waals surface area contributed by atoms with Crippen molar-refractivity contribution in [3.8, 4) is 0 Å². The maximum absolute atomic E-state index is 11.9. The number of hydrogen-bond acceptors (Lipinski definition) is 2. The summed E-state index contributed by atoms with van der Waals surface area (Å²) in [7, 11) is 0. The number of carbonyl (C=O) groups is 2. The van der Waals surface area contributed by atoms with Crippen LogP contribution in [-0.2, 0) is 4.79 Å². The monoisotopic (exact) mass is 340 g/mol. The van der Waals surface area contributed by atoms with Gasteiger partial charge in [-0.05, 0) is 40.9 Å². The van der Waals surface area contributed by atoms with Crippen molar-refractivity contribution in [2.75, 3.05) is 11.9 Å². The first kappa shape index (κ1) is 14.8. The quantitative estimate of drug-likeness (QED) is 0.787. The lowest BCUT2D eigenvalue weighted by molar-refractivity contribution is -0.148. The van der Waals surface area contributed by atoms with E-state index in [0.29, 0.717) is 18.5 Å². The lowest BCUT2D eigenvalue weighted by atomic mass is 9.86. The highest BCUT2D eigenvalue weighted by Crippen LogP contribution is 2.37. The van der Waals surface area contributed by atoms with Gasteiger partial charge in [0.05, 0.1) is 11.1 Å². The van der Waals surface area contributed by atoms with Crippen molar-refractivity contribution in [3.63, 3.8) is 0 Å². The van der Waals surface area contributed by atoms with Crippen LogP contribution in [0.5, 0.6) is 0 Å². The van der Waals surface area contributed by atoms with Gasteiger partial charge in [0.25, 0.3) is 0 Å². The molecule has 1 aliphatic carbocycles. The molecule has 0 bridgehead atoms. The Balaban J connectivity index is 1.92. The molecule has 20 heavy (non-hydrogen) atoms. The van der Waals surface area contributed by atoms with E-state index in [1.165, 1.54) is 0 Å². The summed E-state index contributed by atoms with van der Waals surface area (Å²) in [6.07, 6.45) is 3.05. The summed E-state index contributed by atoms with van der Waals surface area (Å²) < 4.78 is 0.781. The van der Waals surface area contributed by atoms with Crippen LogP contribution >= 0.6 is 15.9 Å². The molecule has 0 heterocycles. The number of urea groups is 1. The first-order valence-electron chi connectivity index (χ1n) is 6.56. The first-order chi connectivity index (χ1) is 9.53. The number of anilines is 1. The molecule has 0 saturated heterocycles. The van der Waals surface area contributed by atoms with E-state index < -0.39 is 11.4 Å². The number of rotatable bonds is 4. The van der Waals surface area contributed by atoms with Crippen molar-refractivity contribution in [1.82, 2.24) is 5.32 Å². The molecule has 1 fully saturated rings. The van der Waals surface area contributed by atoms with Crippen LogP contribution in [-0.4, -0.2) is 23.7 Å². The largest absolute Gasteiger partial charge is 0.481 e. The Morgan fingerprint density at radius 3 is 2.50 bits per heavy atom. The first-order valence-corrected chi connectivity index (χ1v) is 7.36. The molecule has 1 aromatic carbocycles. The molecule has 2 rings (SSSR count). The van der Waals surface area contributed by atoms with Crippen molar-refractivity contribution in [2.45, 2.75) is 25.7 Å². The smallest absolute Gasteiger partial charge is 0.319 e. The van der Waals surface area contributed by atoms with Crippen molar-refractivity contribution in [3.05, 3.63) is 28.7 Å². The van der Waals surface area contributed by atoms with E-state index in [1.54, 1.807) is 6.07 Å². The molecule has 108 valence electrons. The van der Waals surface area contributed by atoms with Gasteiger partial charge >= 0.3 is 12.0 Å². The average Bonchev–Trinajstić information content (AvgIpc) is 2.89. The van der Waals surface area contributed by atoms with E-state index >= 15 is 0 Å². The molecular formula is C14H17BrN2O3. The molecular weight excluding hydrogens is 324 g/mol. The molecule has 6 heteroatoms. The van der Waals surface area contributed by atoms with Gasteiger partial charge in [-0.1, -0.05) is 25.0 Å². The lowest BCUT2D eigenvalue weighted by Gasteiger charge is -2.24. The highest BCUT2D eigenvalue weighted by molar-refractivity contribution is 9.10. The lowest BCUT2D eigenvalue weighted by Crippen LogP contribution is -2.42. The summed E-state index contributed by atoms with van der Waals surface area (Å²) in [6.45, 7) is 0.165. The van der Waals surface area contributed by atoms with E-state index in [9.17, 15) is 14.7 Å². The number of carboxylic acids is 1. The number of amides is 2. The number of carboxylic acid groups (broad SMARTS) is 1. The summed E-state index contributed by atoms with van der Waals surface area (Å²) in [5, 5.41) is 14.7. The maximum atomic E-state index is 11.9. The molecule has 1 saturated carbocycles. The minimum absolute atomic E-state index is 0.165. The minimum Gasteiger partial charge on any atom is -0.481 e. The van der Waals surface area contributed by atoms with Crippen LogP contribution in [0.1, 0.15) is 25.7 Å². The fraction of sp³-hybridized carbons (Fsp3) is 0.429. The van der Waals surface area contributed by atoms with Gasteiger partial charge in [0.1, 0.15) is 0 Å². The third-order valence-corrected chi connectivity index (χ3v) is 4.42. The Bertz CT molecular complexity index is 513. The Labute approximate surface area is 125 Å². The van der Waals surface area contributed by atoms with E-state index in [1.807, 2.05) is 18.2 Å². The van der Waals surface area contributed by atoms with Crippen LogP contribution in [0.2, 0.25) is 0 Å². The van der Waals surface area contributed by atoms with Gasteiger partial charge in [-0.15, -0.1) is 0 Å². The molecule has 1 aliphatic rings. The molecule has 5 nitrogen and oxygen atoms in total. The number of nitrogens with one attached hydrogen (secondary N) is 2. The van der Waals surface area contributed by atoms with Gasteiger partial charge in [0, 0.05) is 11.0 Å². The van der Waals surface area contributed by atoms with Gasteiger partial charge < -0.3 is 15.7 Å². The average molecular weight is 341 g/mol. The predicted molar refractivity (Wildman–Crippen MR) is 79.7 cm³/mol. The summed E-state index contributed by atoms with van der Waals surface area (Å²) >= 11 is 3.34. The zero-order chi connectivity index (χ0) is 14.6. The van der Waals surface area contributed by atoms with Crippen LogP contribution in [0.3, 0.4) is 0 Å². The highest BCUT2D eigenvalue weighted by Gasteiger charge is 2.41. The minimum atomic E-state index is -0.823. The van der Waals surface area contributed by atoms with Crippen LogP contribution in [0.25, 0.3) is 0 Å². The fourth-order valence-electron chi connectivity index (χ4n) is 2.50. The molecule has 0 radical (unpaired) electrons. The molecule has 3 N–H and O–H groups in total. The molecule has 0 unspecified atom stereocenters. The van der Waals surface area contributed by atoms with Crippen LogP contribution in [0.4, 0.5) is 10.5 Å². The molecule has 0 aromatic heterocycles. The van der Waals surface area contributed by atoms with Crippen molar-refractivity contribution in [2.24, 2.45) is 5.41 Å². The molecule has 0 atom stereocenters. The number of halogens is 1. The number of carbonyl (C=O) groups excluding carboxylic acids is 1. The third-order valence-electron chi connectivity index (χ3n) is 3.72. The fourth-order valence-corrected chi connectivity index (χ4v) is 2.88. The summed E-state index contributed by atoms with van der Waals surface area (Å²) in [5.74, 6) is -0.823. The topological polar surface area (TPSA) is 78.4 Å². The zero-order valence-electron chi connectivity index (χ0n) is 11.0. The SMILES string of the molecule is O=C(NCC1(C(=O)O)CCCC1)Nc1ccccc1Br. The highest BCUT2D eigenvalue weighted by atomic mass is 79.9. The van der Waals surface area contributed by atoms with Crippen LogP contribution in [0, 0.1) is 5.41 Å². The normalized spacial score (nSPS) is 16.6. The van der Waals surface area contributed by atoms with E-state index in [-0.39, 0.29) is 12.6 Å². The van der Waals surface area contributed by atoms with E-state index in [2.05, 4.69) is 26.6 Å². The Hall–Kier alpha value is -1.56. The number of benzene rings is 1. The molecule has 0 spiro atoms. The second-order valence-corrected chi connectivity index (χ2v) is 5.93. The number of hydrogen-bond donors (Lipinski definition) is 3. The van der Waals surface area contributed by atoms with Gasteiger partial charge in [0.2, 0.25) is 0 Å². The molecule has 1 aromatic rings. The summed E-state index contributed by atoms with van der Waals surface area (Å²) in [6, 6.07) is 6.88. The van der Waals surface area contributed by atoms with E-state index in [4.69, 9.17) is 0 Å². The maximum Gasteiger partial charge on any atom is 0.319 e. The van der Waals surface area contributed by atoms with Crippen LogP contribution in [0.15, 0.2) is 28.7 Å². The standard InChI is InChI=1S/C14H17BrN2O3/c15-10-5-1-2-6-11(10)17-13(20)16-9-14(12(18)19)7-3-4-8-14/h1-2,5-6H,3-4,7-9H2,(H,18,19)(H2,16,17,20). The second-order valence-electron chi connectivity index (χ2n) is 5.08. The van der Waals surface area contributed by atoms with Crippen molar-refractivity contribution >= 4 is 33.6 Å². The zero-order valence-corrected chi connectivity index (χ0v) is 12.6. The van der Waals surface area contributed by atoms with Crippen molar-refractivity contribution in [1.29, 1.82) is 0 Å². The Morgan fingerprint density at radius 1 is 1.25 bits per heavy atom. The van der Waals surface area contributed by atoms with Gasteiger partial charge in [0.15, 0.2) is 0 Å². The summed E-state index contributed by atoms with van der Waals surface area (Å²) in [4.78, 5) is 23.2. The van der Waals surface area contributed by atoms with Gasteiger partial charge in [-0.25, -0.2) is 4.79 Å². The Kier molecular flexibility index (Phi) is 4.65. The number of aliphatic carboxylic acids is 1. The third kappa shape index (κ3) is 3.30. The van der Waals surface area contributed by atoms with Crippen molar-refractivity contribution < 1.29 is 14.7 Å².